The summed E-state index contributed by atoms with van der Waals surface area (Å²) < 4.78 is 5.05. The first-order valence-electron chi connectivity index (χ1n) is 6.33. The van der Waals surface area contributed by atoms with Crippen LogP contribution in [0.1, 0.15) is 36.5 Å². The second kappa shape index (κ2) is 5.29. The van der Waals surface area contributed by atoms with Gasteiger partial charge in [-0.05, 0) is 37.0 Å². The Morgan fingerprint density at radius 2 is 2.33 bits per heavy atom. The molecule has 0 bridgehead atoms. The number of rotatable bonds is 5. The van der Waals surface area contributed by atoms with E-state index in [-0.39, 0.29) is 23.3 Å². The smallest absolute Gasteiger partial charge is 0.255 e. The number of hydrogen-bond donors (Lipinski definition) is 2. The SMILES string of the molecule is CCCC1CC1NC(=O)c1cc(OC)ccc1O. The number of hydrogen-bond acceptors (Lipinski definition) is 3. The van der Waals surface area contributed by atoms with E-state index in [1.54, 1.807) is 12.1 Å². The van der Waals surface area contributed by atoms with Crippen molar-refractivity contribution in [3.8, 4) is 11.5 Å². The van der Waals surface area contributed by atoms with E-state index in [0.29, 0.717) is 11.7 Å². The summed E-state index contributed by atoms with van der Waals surface area (Å²) in [5.74, 6) is 0.932. The Labute approximate surface area is 107 Å². The summed E-state index contributed by atoms with van der Waals surface area (Å²) >= 11 is 0. The number of amides is 1. The first kappa shape index (κ1) is 12.7. The molecule has 4 heteroatoms. The van der Waals surface area contributed by atoms with Crippen LogP contribution in [0.25, 0.3) is 0 Å². The predicted molar refractivity (Wildman–Crippen MR) is 68.9 cm³/mol. The van der Waals surface area contributed by atoms with E-state index >= 15 is 0 Å². The van der Waals surface area contributed by atoms with Crippen LogP contribution in [0, 0.1) is 5.92 Å². The lowest BCUT2D eigenvalue weighted by atomic mass is 10.1. The Morgan fingerprint density at radius 3 is 3.00 bits per heavy atom. The molecule has 0 spiro atoms. The van der Waals surface area contributed by atoms with Crippen molar-refractivity contribution in [2.45, 2.75) is 32.2 Å². The van der Waals surface area contributed by atoms with Gasteiger partial charge >= 0.3 is 0 Å². The standard InChI is InChI=1S/C14H19NO3/c1-3-4-9-7-12(9)15-14(17)11-8-10(18-2)5-6-13(11)16/h5-6,8-9,12,16H,3-4,7H2,1-2H3,(H,15,17). The van der Waals surface area contributed by atoms with Gasteiger partial charge in [0.1, 0.15) is 11.5 Å². The minimum absolute atomic E-state index is 0.0130. The van der Waals surface area contributed by atoms with Crippen LogP contribution in [0.2, 0.25) is 0 Å². The fourth-order valence-electron chi connectivity index (χ4n) is 2.18. The maximum atomic E-state index is 12.0. The first-order chi connectivity index (χ1) is 8.65. The van der Waals surface area contributed by atoms with Gasteiger partial charge < -0.3 is 15.2 Å². The van der Waals surface area contributed by atoms with Gasteiger partial charge in [0.05, 0.1) is 12.7 Å². The largest absolute Gasteiger partial charge is 0.507 e. The van der Waals surface area contributed by atoms with Gasteiger partial charge in [-0.2, -0.15) is 0 Å². The molecule has 1 aliphatic carbocycles. The highest BCUT2D eigenvalue weighted by Gasteiger charge is 2.37. The van der Waals surface area contributed by atoms with Crippen LogP contribution in [0.4, 0.5) is 0 Å². The van der Waals surface area contributed by atoms with Gasteiger partial charge in [-0.1, -0.05) is 13.3 Å². The lowest BCUT2D eigenvalue weighted by Crippen LogP contribution is -2.26. The van der Waals surface area contributed by atoms with E-state index in [0.717, 1.165) is 19.3 Å². The van der Waals surface area contributed by atoms with Crippen LogP contribution in [-0.2, 0) is 0 Å². The number of phenols is 1. The van der Waals surface area contributed by atoms with Gasteiger partial charge in [-0.15, -0.1) is 0 Å². The molecule has 1 aromatic rings. The number of nitrogens with one attached hydrogen (secondary N) is 1. The lowest BCUT2D eigenvalue weighted by Gasteiger charge is -2.08. The number of benzene rings is 1. The van der Waals surface area contributed by atoms with Crippen molar-refractivity contribution in [1.82, 2.24) is 5.32 Å². The van der Waals surface area contributed by atoms with Crippen molar-refractivity contribution in [1.29, 1.82) is 0 Å². The molecular formula is C14H19NO3. The number of phenolic OH excluding ortho intramolecular Hbond substituents is 1. The third-order valence-corrected chi connectivity index (χ3v) is 3.35. The number of aromatic hydroxyl groups is 1. The Kier molecular flexibility index (Phi) is 3.75. The van der Waals surface area contributed by atoms with Gasteiger partial charge in [-0.25, -0.2) is 0 Å². The molecule has 0 radical (unpaired) electrons. The van der Waals surface area contributed by atoms with Gasteiger partial charge in [-0.3, -0.25) is 4.79 Å². The molecule has 4 nitrogen and oxygen atoms in total. The molecule has 1 saturated carbocycles. The third kappa shape index (κ3) is 2.75. The summed E-state index contributed by atoms with van der Waals surface area (Å²) in [5, 5.41) is 12.6. The van der Waals surface area contributed by atoms with Crippen LogP contribution >= 0.6 is 0 Å². The van der Waals surface area contributed by atoms with Crippen LogP contribution in [0.5, 0.6) is 11.5 Å². The molecule has 1 amide bonds. The Bertz CT molecular complexity index is 445. The molecule has 0 heterocycles. The minimum Gasteiger partial charge on any atom is -0.507 e. The van der Waals surface area contributed by atoms with Crippen LogP contribution in [-0.4, -0.2) is 24.2 Å². The summed E-state index contributed by atoms with van der Waals surface area (Å²) in [7, 11) is 1.53. The minimum atomic E-state index is -0.227. The van der Waals surface area contributed by atoms with Gasteiger partial charge in [0, 0.05) is 6.04 Å². The fourth-order valence-corrected chi connectivity index (χ4v) is 2.18. The second-order valence-electron chi connectivity index (χ2n) is 4.75. The quantitative estimate of drug-likeness (QED) is 0.842. The average Bonchev–Trinajstić information content (AvgIpc) is 3.08. The average molecular weight is 249 g/mol. The zero-order valence-corrected chi connectivity index (χ0v) is 10.8. The van der Waals surface area contributed by atoms with Crippen molar-refractivity contribution in [2.24, 2.45) is 5.92 Å². The number of ether oxygens (including phenoxy) is 1. The molecule has 1 fully saturated rings. The summed E-state index contributed by atoms with van der Waals surface area (Å²) in [6.07, 6.45) is 3.33. The van der Waals surface area contributed by atoms with Crippen LogP contribution < -0.4 is 10.1 Å². The molecule has 2 atom stereocenters. The highest BCUT2D eigenvalue weighted by atomic mass is 16.5. The lowest BCUT2D eigenvalue weighted by molar-refractivity contribution is 0.0946. The number of carbonyl (C=O) groups is 1. The molecular weight excluding hydrogens is 230 g/mol. The molecule has 0 aliphatic heterocycles. The Balaban J connectivity index is 2.01. The van der Waals surface area contributed by atoms with E-state index in [9.17, 15) is 9.90 Å². The summed E-state index contributed by atoms with van der Waals surface area (Å²) in [5.41, 5.74) is 0.275. The van der Waals surface area contributed by atoms with Crippen molar-refractivity contribution in [2.75, 3.05) is 7.11 Å². The highest BCUT2D eigenvalue weighted by molar-refractivity contribution is 5.97. The summed E-state index contributed by atoms with van der Waals surface area (Å²) in [6, 6.07) is 4.93. The van der Waals surface area contributed by atoms with E-state index < -0.39 is 0 Å². The third-order valence-electron chi connectivity index (χ3n) is 3.35. The topological polar surface area (TPSA) is 58.6 Å². The van der Waals surface area contributed by atoms with Gasteiger partial charge in [0.25, 0.3) is 5.91 Å². The zero-order valence-electron chi connectivity index (χ0n) is 10.8. The van der Waals surface area contributed by atoms with Crippen LogP contribution in [0.3, 0.4) is 0 Å². The summed E-state index contributed by atoms with van der Waals surface area (Å²) in [6.45, 7) is 2.14. The number of methoxy groups -OCH3 is 1. The molecule has 0 aromatic heterocycles. The Morgan fingerprint density at radius 1 is 1.56 bits per heavy atom. The molecule has 1 aromatic carbocycles. The van der Waals surface area contributed by atoms with Gasteiger partial charge in [0.15, 0.2) is 0 Å². The molecule has 0 saturated heterocycles. The number of carbonyl (C=O) groups excluding carboxylic acids is 1. The first-order valence-corrected chi connectivity index (χ1v) is 6.33. The molecule has 98 valence electrons. The van der Waals surface area contributed by atoms with E-state index in [1.165, 1.54) is 13.2 Å². The zero-order chi connectivity index (χ0) is 13.1. The van der Waals surface area contributed by atoms with Gasteiger partial charge in [0.2, 0.25) is 0 Å². The van der Waals surface area contributed by atoms with Crippen LogP contribution in [0.15, 0.2) is 18.2 Å². The highest BCUT2D eigenvalue weighted by Crippen LogP contribution is 2.35. The van der Waals surface area contributed by atoms with Crippen molar-refractivity contribution in [3.63, 3.8) is 0 Å². The molecule has 1 aliphatic rings. The molecule has 2 rings (SSSR count). The van der Waals surface area contributed by atoms with E-state index in [2.05, 4.69) is 12.2 Å². The Hall–Kier alpha value is -1.71. The maximum absolute atomic E-state index is 12.0. The fraction of sp³-hybridized carbons (Fsp3) is 0.500. The maximum Gasteiger partial charge on any atom is 0.255 e. The van der Waals surface area contributed by atoms with Crippen molar-refractivity contribution in [3.05, 3.63) is 23.8 Å². The molecule has 18 heavy (non-hydrogen) atoms. The summed E-state index contributed by atoms with van der Waals surface area (Å²) in [4.78, 5) is 12.0. The monoisotopic (exact) mass is 249 g/mol. The van der Waals surface area contributed by atoms with Crippen molar-refractivity contribution >= 4 is 5.91 Å². The van der Waals surface area contributed by atoms with E-state index in [1.807, 2.05) is 0 Å². The molecule has 2 unspecified atom stereocenters. The molecule has 2 N–H and O–H groups in total. The van der Waals surface area contributed by atoms with Crippen molar-refractivity contribution < 1.29 is 14.6 Å². The predicted octanol–water partition coefficient (Wildman–Crippen LogP) is 2.32. The van der Waals surface area contributed by atoms with E-state index in [4.69, 9.17) is 4.74 Å². The second-order valence-corrected chi connectivity index (χ2v) is 4.75. The normalized spacial score (nSPS) is 21.4.